The van der Waals surface area contributed by atoms with Crippen LogP contribution < -0.4 is 10.5 Å². The van der Waals surface area contributed by atoms with Crippen LogP contribution in [0.1, 0.15) is 11.1 Å². The van der Waals surface area contributed by atoms with Crippen LogP contribution in [0.4, 0.5) is 0 Å². The van der Waals surface area contributed by atoms with E-state index in [1.165, 1.54) is 11.8 Å². The van der Waals surface area contributed by atoms with E-state index in [0.717, 1.165) is 21.1 Å². The third-order valence-electron chi connectivity index (χ3n) is 2.88. The predicted molar refractivity (Wildman–Crippen MR) is 80.8 cm³/mol. The summed E-state index contributed by atoms with van der Waals surface area (Å²) >= 11 is 1.54. The molecule has 0 fully saturated rings. The lowest BCUT2D eigenvalue weighted by molar-refractivity contribution is 0.318. The van der Waals surface area contributed by atoms with Gasteiger partial charge in [-0.15, -0.1) is 0 Å². The van der Waals surface area contributed by atoms with Crippen molar-refractivity contribution >= 4 is 17.6 Å². The number of methoxy groups -OCH3 is 1. The molecule has 0 spiro atoms. The summed E-state index contributed by atoms with van der Waals surface area (Å²) in [4.78, 5) is 1.93. The molecule has 0 heterocycles. The molecule has 2 aromatic rings. The number of oxime groups is 1. The van der Waals surface area contributed by atoms with Crippen LogP contribution in [-0.2, 0) is 0 Å². The van der Waals surface area contributed by atoms with Crippen LogP contribution in [0.2, 0.25) is 0 Å². The van der Waals surface area contributed by atoms with Crippen molar-refractivity contribution in [1.82, 2.24) is 0 Å². The fraction of sp³-hybridized carbons (Fsp3) is 0.133. The standard InChI is InChI=1S/C15H16N2O2S/c1-10-6-5-7-11(15(16)17-18)14(10)20-13-9-4-3-8-12(13)19-2/h3-9,18H,1-2H3,(H2,16,17). The Balaban J connectivity index is 2.48. The van der Waals surface area contributed by atoms with Crippen LogP contribution in [0.25, 0.3) is 0 Å². The average molecular weight is 288 g/mol. The minimum atomic E-state index is 0.103. The smallest absolute Gasteiger partial charge is 0.171 e. The molecule has 0 saturated heterocycles. The van der Waals surface area contributed by atoms with Gasteiger partial charge in [0.05, 0.1) is 12.0 Å². The molecule has 0 bridgehead atoms. The topological polar surface area (TPSA) is 67.8 Å². The molecule has 104 valence electrons. The van der Waals surface area contributed by atoms with Crippen LogP contribution in [0.5, 0.6) is 5.75 Å². The molecule has 4 nitrogen and oxygen atoms in total. The van der Waals surface area contributed by atoms with Crippen LogP contribution in [0.3, 0.4) is 0 Å². The minimum Gasteiger partial charge on any atom is -0.496 e. The zero-order valence-corrected chi connectivity index (χ0v) is 12.1. The summed E-state index contributed by atoms with van der Waals surface area (Å²) in [6.07, 6.45) is 0. The quantitative estimate of drug-likeness (QED) is 0.392. The maximum Gasteiger partial charge on any atom is 0.171 e. The van der Waals surface area contributed by atoms with Gasteiger partial charge in [0, 0.05) is 10.5 Å². The second-order valence-corrected chi connectivity index (χ2v) is 5.24. The molecule has 0 saturated carbocycles. The zero-order chi connectivity index (χ0) is 14.5. The lowest BCUT2D eigenvalue weighted by Crippen LogP contribution is -2.14. The highest BCUT2D eigenvalue weighted by Gasteiger charge is 2.13. The Morgan fingerprint density at radius 3 is 2.65 bits per heavy atom. The van der Waals surface area contributed by atoms with Crippen LogP contribution in [0.15, 0.2) is 57.4 Å². The van der Waals surface area contributed by atoms with Gasteiger partial charge in [0.25, 0.3) is 0 Å². The number of hydrogen-bond donors (Lipinski definition) is 2. The zero-order valence-electron chi connectivity index (χ0n) is 11.3. The fourth-order valence-corrected chi connectivity index (χ4v) is 2.99. The van der Waals surface area contributed by atoms with Crippen LogP contribution >= 0.6 is 11.8 Å². The summed E-state index contributed by atoms with van der Waals surface area (Å²) in [5, 5.41) is 12.0. The molecule has 2 rings (SSSR count). The van der Waals surface area contributed by atoms with E-state index in [4.69, 9.17) is 15.7 Å². The second kappa shape index (κ2) is 6.34. The molecule has 3 N–H and O–H groups in total. The Morgan fingerprint density at radius 1 is 1.20 bits per heavy atom. The highest BCUT2D eigenvalue weighted by atomic mass is 32.2. The average Bonchev–Trinajstić information content (AvgIpc) is 2.49. The molecular weight excluding hydrogens is 272 g/mol. The summed E-state index contributed by atoms with van der Waals surface area (Å²) in [5.41, 5.74) is 7.52. The maximum atomic E-state index is 8.90. The van der Waals surface area contributed by atoms with E-state index in [-0.39, 0.29) is 5.84 Å². The Kier molecular flexibility index (Phi) is 4.53. The van der Waals surface area contributed by atoms with Crippen molar-refractivity contribution in [2.24, 2.45) is 10.9 Å². The van der Waals surface area contributed by atoms with E-state index in [1.807, 2.05) is 49.4 Å². The first-order valence-electron chi connectivity index (χ1n) is 6.05. The SMILES string of the molecule is COc1ccccc1Sc1c(C)cccc1/C(N)=N/O. The third kappa shape index (κ3) is 2.88. The molecule has 20 heavy (non-hydrogen) atoms. The van der Waals surface area contributed by atoms with Crippen molar-refractivity contribution in [3.8, 4) is 5.75 Å². The molecule has 0 amide bonds. The second-order valence-electron chi connectivity index (χ2n) is 4.19. The van der Waals surface area contributed by atoms with E-state index in [9.17, 15) is 0 Å². The maximum absolute atomic E-state index is 8.90. The van der Waals surface area contributed by atoms with Gasteiger partial charge in [0.15, 0.2) is 5.84 Å². The molecule has 0 aliphatic heterocycles. The lowest BCUT2D eigenvalue weighted by Gasteiger charge is -2.13. The Hall–Kier alpha value is -2.14. The van der Waals surface area contributed by atoms with Crippen molar-refractivity contribution in [3.05, 3.63) is 53.6 Å². The van der Waals surface area contributed by atoms with Gasteiger partial charge in [0.2, 0.25) is 0 Å². The molecule has 0 radical (unpaired) electrons. The van der Waals surface area contributed by atoms with Crippen molar-refractivity contribution in [2.45, 2.75) is 16.7 Å². The summed E-state index contributed by atoms with van der Waals surface area (Å²) in [6, 6.07) is 13.5. The summed E-state index contributed by atoms with van der Waals surface area (Å²) in [6.45, 7) is 1.99. The van der Waals surface area contributed by atoms with Crippen molar-refractivity contribution in [1.29, 1.82) is 0 Å². The van der Waals surface area contributed by atoms with E-state index in [1.54, 1.807) is 7.11 Å². The Morgan fingerprint density at radius 2 is 1.95 bits per heavy atom. The Bertz CT molecular complexity index is 642. The van der Waals surface area contributed by atoms with E-state index < -0.39 is 0 Å². The van der Waals surface area contributed by atoms with Gasteiger partial charge in [-0.05, 0) is 30.7 Å². The van der Waals surface area contributed by atoms with Gasteiger partial charge in [0.1, 0.15) is 5.75 Å². The first kappa shape index (κ1) is 14.3. The van der Waals surface area contributed by atoms with Crippen molar-refractivity contribution in [2.75, 3.05) is 7.11 Å². The van der Waals surface area contributed by atoms with Crippen LogP contribution in [0, 0.1) is 6.92 Å². The monoisotopic (exact) mass is 288 g/mol. The largest absolute Gasteiger partial charge is 0.496 e. The van der Waals surface area contributed by atoms with Gasteiger partial charge >= 0.3 is 0 Å². The highest BCUT2D eigenvalue weighted by molar-refractivity contribution is 7.99. The van der Waals surface area contributed by atoms with Gasteiger partial charge in [-0.3, -0.25) is 0 Å². The molecule has 0 unspecified atom stereocenters. The number of benzene rings is 2. The van der Waals surface area contributed by atoms with Crippen molar-refractivity contribution in [3.63, 3.8) is 0 Å². The molecule has 0 aliphatic carbocycles. The summed E-state index contributed by atoms with van der Waals surface area (Å²) in [7, 11) is 1.64. The molecule has 0 atom stereocenters. The van der Waals surface area contributed by atoms with Gasteiger partial charge in [-0.25, -0.2) is 0 Å². The molecule has 0 aliphatic rings. The summed E-state index contributed by atoms with van der Waals surface area (Å²) < 4.78 is 5.35. The molecule has 0 aromatic heterocycles. The predicted octanol–water partition coefficient (Wildman–Crippen LogP) is 3.25. The van der Waals surface area contributed by atoms with Crippen molar-refractivity contribution < 1.29 is 9.94 Å². The summed E-state index contributed by atoms with van der Waals surface area (Å²) in [5.74, 6) is 0.900. The molecule has 2 aromatic carbocycles. The van der Waals surface area contributed by atoms with E-state index >= 15 is 0 Å². The van der Waals surface area contributed by atoms with Crippen LogP contribution in [-0.4, -0.2) is 18.2 Å². The minimum absolute atomic E-state index is 0.103. The molecule has 5 heteroatoms. The van der Waals surface area contributed by atoms with E-state index in [2.05, 4.69) is 5.16 Å². The highest BCUT2D eigenvalue weighted by Crippen LogP contribution is 2.38. The number of hydrogen-bond acceptors (Lipinski definition) is 4. The number of nitrogens with two attached hydrogens (primary N) is 1. The van der Waals surface area contributed by atoms with Gasteiger partial charge in [-0.1, -0.05) is 41.2 Å². The lowest BCUT2D eigenvalue weighted by atomic mass is 10.1. The normalized spacial score (nSPS) is 11.4. The third-order valence-corrected chi connectivity index (χ3v) is 4.18. The number of amidine groups is 1. The Labute approximate surface area is 122 Å². The number of nitrogens with zero attached hydrogens (tertiary/aromatic N) is 1. The van der Waals surface area contributed by atoms with Gasteiger partial charge in [-0.2, -0.15) is 0 Å². The number of aryl methyl sites for hydroxylation is 1. The first-order valence-corrected chi connectivity index (χ1v) is 6.87. The fourth-order valence-electron chi connectivity index (χ4n) is 1.86. The van der Waals surface area contributed by atoms with Gasteiger partial charge < -0.3 is 15.7 Å². The number of ether oxygens (including phenoxy) is 1. The first-order chi connectivity index (χ1) is 9.67. The number of rotatable bonds is 4. The van der Waals surface area contributed by atoms with E-state index in [0.29, 0.717) is 5.56 Å². The molecular formula is C15H16N2O2S. The number of para-hydroxylation sites is 1.